The van der Waals surface area contributed by atoms with E-state index in [1.165, 1.54) is 43.4 Å². The average molecular weight is 387 g/mol. The Balaban J connectivity index is 1.54. The monoisotopic (exact) mass is 386 g/mol. The second kappa shape index (κ2) is 10.7. The van der Waals surface area contributed by atoms with Crippen LogP contribution in [-0.4, -0.2) is 42.8 Å². The van der Waals surface area contributed by atoms with Crippen molar-refractivity contribution < 1.29 is 5.11 Å². The van der Waals surface area contributed by atoms with E-state index >= 15 is 0 Å². The molecule has 0 heterocycles. The molecule has 3 N–H and O–H groups in total. The largest absolute Gasteiger partial charge is 0.393 e. The zero-order valence-electron chi connectivity index (χ0n) is 17.7. The van der Waals surface area contributed by atoms with E-state index in [1.54, 1.807) is 0 Å². The lowest BCUT2D eigenvalue weighted by Gasteiger charge is -2.33. The van der Waals surface area contributed by atoms with Crippen molar-refractivity contribution in [2.45, 2.75) is 89.4 Å². The number of benzene rings is 1. The highest BCUT2D eigenvalue weighted by Gasteiger charge is 2.20. The molecule has 0 aliphatic heterocycles. The summed E-state index contributed by atoms with van der Waals surface area (Å²) in [6.07, 6.45) is 10.4. The zero-order valence-corrected chi connectivity index (χ0v) is 17.7. The molecule has 5 heteroatoms. The Bertz CT molecular complexity index is 602. The molecule has 2 aliphatic carbocycles. The maximum absolute atomic E-state index is 9.68. The number of hydrogen-bond acceptors (Lipinski definition) is 3. The Morgan fingerprint density at radius 2 is 1.71 bits per heavy atom. The van der Waals surface area contributed by atoms with Crippen molar-refractivity contribution in [3.63, 3.8) is 0 Å². The molecule has 0 atom stereocenters. The number of guanidine groups is 1. The molecule has 0 saturated heterocycles. The van der Waals surface area contributed by atoms with Crippen LogP contribution in [0.5, 0.6) is 0 Å². The summed E-state index contributed by atoms with van der Waals surface area (Å²) in [5.41, 5.74) is 2.54. The molecule has 0 aromatic heterocycles. The maximum atomic E-state index is 9.68. The lowest BCUT2D eigenvalue weighted by atomic mass is 9.93. The molecular formula is C23H38N4O. The van der Waals surface area contributed by atoms with E-state index < -0.39 is 0 Å². The van der Waals surface area contributed by atoms with Gasteiger partial charge in [0.15, 0.2) is 5.96 Å². The van der Waals surface area contributed by atoms with Crippen LogP contribution in [0.2, 0.25) is 0 Å². The Hall–Kier alpha value is -1.75. The number of nitrogens with one attached hydrogen (secondary N) is 2. The molecule has 2 fully saturated rings. The minimum atomic E-state index is -0.122. The highest BCUT2D eigenvalue weighted by molar-refractivity contribution is 5.80. The summed E-state index contributed by atoms with van der Waals surface area (Å²) in [6, 6.07) is 9.99. The molecule has 2 aliphatic rings. The molecule has 28 heavy (non-hydrogen) atoms. The summed E-state index contributed by atoms with van der Waals surface area (Å²) in [4.78, 5) is 7.23. The van der Waals surface area contributed by atoms with Gasteiger partial charge in [0.05, 0.1) is 12.6 Å². The summed E-state index contributed by atoms with van der Waals surface area (Å²) < 4.78 is 0. The number of hydrogen-bond donors (Lipinski definition) is 3. The summed E-state index contributed by atoms with van der Waals surface area (Å²) in [7, 11) is 2.23. The first-order chi connectivity index (χ1) is 13.7. The van der Waals surface area contributed by atoms with E-state index in [4.69, 9.17) is 4.99 Å². The van der Waals surface area contributed by atoms with E-state index in [9.17, 15) is 5.11 Å². The van der Waals surface area contributed by atoms with Gasteiger partial charge in [-0.1, -0.05) is 31.4 Å². The fourth-order valence-electron chi connectivity index (χ4n) is 4.42. The van der Waals surface area contributed by atoms with Crippen molar-refractivity contribution in [3.05, 3.63) is 29.8 Å². The molecule has 0 amide bonds. The zero-order chi connectivity index (χ0) is 19.8. The third-order valence-corrected chi connectivity index (χ3v) is 6.27. The fourth-order valence-corrected chi connectivity index (χ4v) is 4.42. The van der Waals surface area contributed by atoms with Gasteiger partial charge in [0.2, 0.25) is 0 Å². The predicted molar refractivity (Wildman–Crippen MR) is 118 cm³/mol. The number of anilines is 1. The third kappa shape index (κ3) is 6.13. The van der Waals surface area contributed by atoms with Crippen LogP contribution in [0.1, 0.15) is 70.3 Å². The topological polar surface area (TPSA) is 59.9 Å². The fraction of sp³-hybridized carbons (Fsp3) is 0.696. The first-order valence-corrected chi connectivity index (χ1v) is 11.2. The van der Waals surface area contributed by atoms with Crippen LogP contribution >= 0.6 is 0 Å². The molecule has 0 bridgehead atoms. The number of aliphatic imine (C=N–C) groups is 1. The van der Waals surface area contributed by atoms with Crippen LogP contribution in [0.25, 0.3) is 0 Å². The van der Waals surface area contributed by atoms with Crippen LogP contribution in [0.3, 0.4) is 0 Å². The molecule has 2 saturated carbocycles. The van der Waals surface area contributed by atoms with Gasteiger partial charge in [-0.25, -0.2) is 4.99 Å². The summed E-state index contributed by atoms with van der Waals surface area (Å²) in [5.74, 6) is 0.882. The molecule has 1 aromatic carbocycles. The van der Waals surface area contributed by atoms with Gasteiger partial charge < -0.3 is 20.6 Å². The second-order valence-corrected chi connectivity index (χ2v) is 8.41. The molecular weight excluding hydrogens is 348 g/mol. The van der Waals surface area contributed by atoms with Gasteiger partial charge in [0, 0.05) is 31.4 Å². The Labute approximate surface area is 170 Å². The number of nitrogens with zero attached hydrogens (tertiary/aromatic N) is 2. The van der Waals surface area contributed by atoms with Crippen LogP contribution in [0.15, 0.2) is 29.3 Å². The van der Waals surface area contributed by atoms with Gasteiger partial charge >= 0.3 is 0 Å². The molecule has 156 valence electrons. The Kier molecular flexibility index (Phi) is 8.01. The lowest BCUT2D eigenvalue weighted by molar-refractivity contribution is 0.120. The SMILES string of the molecule is CCNC(=NCc1ccc(N(C)C2CCCCC2)cc1)NC1CCC(O)CC1. The minimum Gasteiger partial charge on any atom is -0.393 e. The van der Waals surface area contributed by atoms with Gasteiger partial charge in [-0.05, 0) is 63.1 Å². The van der Waals surface area contributed by atoms with E-state index in [1.807, 2.05) is 0 Å². The van der Waals surface area contributed by atoms with Gasteiger partial charge in [0.25, 0.3) is 0 Å². The normalized spacial score (nSPS) is 24.0. The minimum absolute atomic E-state index is 0.122. The van der Waals surface area contributed by atoms with Gasteiger partial charge in [0.1, 0.15) is 0 Å². The number of aliphatic hydroxyl groups is 1. The van der Waals surface area contributed by atoms with Crippen LogP contribution < -0.4 is 15.5 Å². The van der Waals surface area contributed by atoms with Crippen molar-refractivity contribution in [2.24, 2.45) is 4.99 Å². The second-order valence-electron chi connectivity index (χ2n) is 8.41. The standard InChI is InChI=1S/C23H38N4O/c1-3-24-23(26-19-11-15-22(28)16-12-19)25-17-18-9-13-21(14-10-18)27(2)20-7-5-4-6-8-20/h9-10,13-14,19-20,22,28H,3-8,11-12,15-17H2,1-2H3,(H2,24,25,26). The van der Waals surface area contributed by atoms with E-state index in [2.05, 4.69) is 53.8 Å². The lowest BCUT2D eigenvalue weighted by Crippen LogP contribution is -2.45. The highest BCUT2D eigenvalue weighted by Crippen LogP contribution is 2.26. The van der Waals surface area contributed by atoms with E-state index in [0.717, 1.165) is 38.2 Å². The summed E-state index contributed by atoms with van der Waals surface area (Å²) in [6.45, 7) is 3.63. The van der Waals surface area contributed by atoms with Crippen LogP contribution in [0.4, 0.5) is 5.69 Å². The molecule has 1 aromatic rings. The van der Waals surface area contributed by atoms with Crippen LogP contribution in [-0.2, 0) is 6.54 Å². The van der Waals surface area contributed by atoms with Crippen molar-refractivity contribution in [2.75, 3.05) is 18.5 Å². The Morgan fingerprint density at radius 3 is 2.36 bits per heavy atom. The number of rotatable bonds is 6. The molecule has 5 nitrogen and oxygen atoms in total. The van der Waals surface area contributed by atoms with Gasteiger partial charge in [-0.2, -0.15) is 0 Å². The van der Waals surface area contributed by atoms with E-state index in [-0.39, 0.29) is 6.10 Å². The quantitative estimate of drug-likeness (QED) is 0.514. The Morgan fingerprint density at radius 1 is 1.04 bits per heavy atom. The third-order valence-electron chi connectivity index (χ3n) is 6.27. The molecule has 0 spiro atoms. The maximum Gasteiger partial charge on any atom is 0.191 e. The van der Waals surface area contributed by atoms with Gasteiger partial charge in [-0.15, -0.1) is 0 Å². The molecule has 0 unspecified atom stereocenters. The smallest absolute Gasteiger partial charge is 0.191 e. The molecule has 3 rings (SSSR count). The van der Waals surface area contributed by atoms with E-state index in [0.29, 0.717) is 18.6 Å². The predicted octanol–water partition coefficient (Wildman–Crippen LogP) is 3.81. The summed E-state index contributed by atoms with van der Waals surface area (Å²) >= 11 is 0. The van der Waals surface area contributed by atoms with Crippen molar-refractivity contribution in [3.8, 4) is 0 Å². The first-order valence-electron chi connectivity index (χ1n) is 11.2. The van der Waals surface area contributed by atoms with Gasteiger partial charge in [-0.3, -0.25) is 0 Å². The highest BCUT2D eigenvalue weighted by atomic mass is 16.3. The summed E-state index contributed by atoms with van der Waals surface area (Å²) in [5, 5.41) is 16.6. The van der Waals surface area contributed by atoms with Crippen molar-refractivity contribution >= 4 is 11.6 Å². The van der Waals surface area contributed by atoms with Crippen molar-refractivity contribution in [1.29, 1.82) is 0 Å². The van der Waals surface area contributed by atoms with Crippen molar-refractivity contribution in [1.82, 2.24) is 10.6 Å². The van der Waals surface area contributed by atoms with Crippen LogP contribution in [0, 0.1) is 0 Å². The average Bonchev–Trinajstić information content (AvgIpc) is 2.74. The molecule has 0 radical (unpaired) electrons. The number of aliphatic hydroxyl groups excluding tert-OH is 1. The first kappa shape index (κ1) is 21.0.